The fourth-order valence-corrected chi connectivity index (χ4v) is 2.58. The second-order valence-electron chi connectivity index (χ2n) is 5.53. The fraction of sp³-hybridized carbons (Fsp3) is 0.438. The molecule has 7 heteroatoms. The molecule has 0 radical (unpaired) electrons. The number of carboxylic acid groups (broad SMARTS) is 1. The number of benzene rings is 1. The van der Waals surface area contributed by atoms with Crippen LogP contribution in [-0.4, -0.2) is 35.3 Å². The molecule has 1 aromatic rings. The Morgan fingerprint density at radius 2 is 1.91 bits per heavy atom. The van der Waals surface area contributed by atoms with Crippen molar-refractivity contribution in [2.75, 3.05) is 0 Å². The van der Waals surface area contributed by atoms with Gasteiger partial charge in [-0.25, -0.2) is 4.79 Å². The molecule has 0 unspecified atom stereocenters. The molecule has 1 heterocycles. The van der Waals surface area contributed by atoms with Gasteiger partial charge in [0.1, 0.15) is 18.6 Å². The van der Waals surface area contributed by atoms with E-state index >= 15 is 0 Å². The Kier molecular flexibility index (Phi) is 5.20. The minimum Gasteiger partial charge on any atom is -0.481 e. The van der Waals surface area contributed by atoms with Gasteiger partial charge in [-0.15, -0.1) is 0 Å². The van der Waals surface area contributed by atoms with Crippen LogP contribution in [0.1, 0.15) is 19.4 Å². The highest BCUT2D eigenvalue weighted by Crippen LogP contribution is 2.27. The number of hydrogen-bond acceptors (Lipinski definition) is 5. The van der Waals surface area contributed by atoms with E-state index in [1.165, 1.54) is 13.8 Å². The van der Waals surface area contributed by atoms with Gasteiger partial charge in [0, 0.05) is 0 Å². The molecule has 0 aliphatic carbocycles. The number of hydrogen-bond donors (Lipinski definition) is 2. The average Bonchev–Trinajstić information content (AvgIpc) is 2.51. The molecule has 1 amide bonds. The van der Waals surface area contributed by atoms with Crippen LogP contribution in [0, 0.1) is 11.8 Å². The SMILES string of the molecule is C[C@H]1OC(=O)[C@H](C)[C@@H](NC(=O)OCc2ccccc2)[C@@H]1C(=O)O. The van der Waals surface area contributed by atoms with E-state index in [2.05, 4.69) is 5.32 Å². The van der Waals surface area contributed by atoms with Crippen LogP contribution in [0.2, 0.25) is 0 Å². The normalized spacial score (nSPS) is 27.0. The zero-order valence-corrected chi connectivity index (χ0v) is 12.9. The molecule has 0 saturated carbocycles. The first-order valence-corrected chi connectivity index (χ1v) is 7.30. The molecule has 2 rings (SSSR count). The standard InChI is InChI=1S/C16H19NO6/c1-9-13(12(14(18)19)10(2)23-15(9)20)17-16(21)22-8-11-6-4-3-5-7-11/h3-7,9-10,12-13H,8H2,1-2H3,(H,17,21)(H,18,19)/t9-,10-,12-,13-/m1/s1. The Hall–Kier alpha value is -2.57. The number of carboxylic acids is 1. The van der Waals surface area contributed by atoms with E-state index in [0.29, 0.717) is 0 Å². The second kappa shape index (κ2) is 7.13. The Balaban J connectivity index is 2.01. The third-order valence-electron chi connectivity index (χ3n) is 3.89. The zero-order valence-electron chi connectivity index (χ0n) is 12.9. The van der Waals surface area contributed by atoms with Crippen molar-refractivity contribution in [3.63, 3.8) is 0 Å². The molecule has 1 aliphatic rings. The predicted octanol–water partition coefficient (Wildman–Crippen LogP) is 1.56. The van der Waals surface area contributed by atoms with Gasteiger partial charge in [-0.05, 0) is 19.4 Å². The molecule has 1 fully saturated rings. The number of aliphatic carboxylic acids is 1. The fourth-order valence-electron chi connectivity index (χ4n) is 2.58. The summed E-state index contributed by atoms with van der Waals surface area (Å²) in [6.07, 6.45) is -1.59. The average molecular weight is 321 g/mol. The van der Waals surface area contributed by atoms with Crippen LogP contribution in [0.4, 0.5) is 4.79 Å². The van der Waals surface area contributed by atoms with E-state index in [9.17, 15) is 19.5 Å². The number of nitrogens with one attached hydrogen (secondary N) is 1. The number of carbonyl (C=O) groups excluding carboxylic acids is 2. The largest absolute Gasteiger partial charge is 0.481 e. The molecule has 23 heavy (non-hydrogen) atoms. The first-order chi connectivity index (χ1) is 10.9. The third kappa shape index (κ3) is 4.00. The molecule has 1 aliphatic heterocycles. The van der Waals surface area contributed by atoms with Crippen LogP contribution in [0.25, 0.3) is 0 Å². The van der Waals surface area contributed by atoms with Crippen molar-refractivity contribution in [2.45, 2.75) is 32.6 Å². The van der Waals surface area contributed by atoms with Crippen molar-refractivity contribution in [1.82, 2.24) is 5.32 Å². The Morgan fingerprint density at radius 3 is 2.52 bits per heavy atom. The van der Waals surface area contributed by atoms with Crippen LogP contribution in [-0.2, 0) is 25.7 Å². The number of rotatable bonds is 4. The van der Waals surface area contributed by atoms with E-state index in [0.717, 1.165) is 5.56 Å². The van der Waals surface area contributed by atoms with Crippen LogP contribution < -0.4 is 5.32 Å². The quantitative estimate of drug-likeness (QED) is 0.816. The first-order valence-electron chi connectivity index (χ1n) is 7.30. The summed E-state index contributed by atoms with van der Waals surface area (Å²) in [6.45, 7) is 3.07. The molecule has 2 N–H and O–H groups in total. The number of esters is 1. The summed E-state index contributed by atoms with van der Waals surface area (Å²) in [5.74, 6) is -3.46. The summed E-state index contributed by atoms with van der Waals surface area (Å²) in [7, 11) is 0. The van der Waals surface area contributed by atoms with E-state index in [1.54, 1.807) is 12.1 Å². The highest BCUT2D eigenvalue weighted by atomic mass is 16.6. The van der Waals surface area contributed by atoms with E-state index in [-0.39, 0.29) is 6.61 Å². The van der Waals surface area contributed by atoms with Crippen molar-refractivity contribution in [3.8, 4) is 0 Å². The Bertz CT molecular complexity index is 587. The van der Waals surface area contributed by atoms with Crippen molar-refractivity contribution < 1.29 is 29.0 Å². The number of ether oxygens (including phenoxy) is 2. The van der Waals surface area contributed by atoms with Crippen LogP contribution in [0.15, 0.2) is 30.3 Å². The van der Waals surface area contributed by atoms with E-state index < -0.39 is 42.0 Å². The summed E-state index contributed by atoms with van der Waals surface area (Å²) < 4.78 is 10.1. The van der Waals surface area contributed by atoms with Gasteiger partial charge in [-0.3, -0.25) is 9.59 Å². The van der Waals surface area contributed by atoms with Gasteiger partial charge in [0.15, 0.2) is 0 Å². The smallest absolute Gasteiger partial charge is 0.407 e. The van der Waals surface area contributed by atoms with Gasteiger partial charge in [0.2, 0.25) is 0 Å². The summed E-state index contributed by atoms with van der Waals surface area (Å²) in [4.78, 5) is 35.1. The van der Waals surface area contributed by atoms with Gasteiger partial charge in [0.05, 0.1) is 12.0 Å². The Morgan fingerprint density at radius 1 is 1.26 bits per heavy atom. The van der Waals surface area contributed by atoms with Crippen LogP contribution in [0.5, 0.6) is 0 Å². The second-order valence-corrected chi connectivity index (χ2v) is 5.53. The zero-order chi connectivity index (χ0) is 17.0. The summed E-state index contributed by atoms with van der Waals surface area (Å²) in [5.41, 5.74) is 0.807. The molecule has 4 atom stereocenters. The molecule has 7 nitrogen and oxygen atoms in total. The maximum absolute atomic E-state index is 11.9. The molecule has 1 saturated heterocycles. The number of carbonyl (C=O) groups is 3. The highest BCUT2D eigenvalue weighted by Gasteiger charge is 2.46. The molecule has 124 valence electrons. The first kappa shape index (κ1) is 16.8. The molecule has 0 aromatic heterocycles. The summed E-state index contributed by atoms with van der Waals surface area (Å²) >= 11 is 0. The number of cyclic esters (lactones) is 1. The Labute approximate surface area is 133 Å². The maximum atomic E-state index is 11.9. The highest BCUT2D eigenvalue weighted by molar-refractivity contribution is 5.81. The van der Waals surface area contributed by atoms with Gasteiger partial charge in [0.25, 0.3) is 0 Å². The summed E-state index contributed by atoms with van der Waals surface area (Å²) in [5, 5.41) is 11.8. The monoisotopic (exact) mass is 321 g/mol. The minimum atomic E-state index is -1.13. The topological polar surface area (TPSA) is 102 Å². The lowest BCUT2D eigenvalue weighted by Crippen LogP contribution is -2.57. The number of amides is 1. The lowest BCUT2D eigenvalue weighted by Gasteiger charge is -2.37. The molecule has 1 aromatic carbocycles. The number of alkyl carbamates (subject to hydrolysis) is 1. The van der Waals surface area contributed by atoms with Gasteiger partial charge >= 0.3 is 18.0 Å². The minimum absolute atomic E-state index is 0.0610. The van der Waals surface area contributed by atoms with Crippen LogP contribution in [0.3, 0.4) is 0 Å². The van der Waals surface area contributed by atoms with Gasteiger partial charge in [-0.1, -0.05) is 30.3 Å². The third-order valence-corrected chi connectivity index (χ3v) is 3.89. The van der Waals surface area contributed by atoms with E-state index in [4.69, 9.17) is 9.47 Å². The molecule has 0 spiro atoms. The van der Waals surface area contributed by atoms with Crippen molar-refractivity contribution in [1.29, 1.82) is 0 Å². The van der Waals surface area contributed by atoms with Gasteiger partial charge < -0.3 is 19.9 Å². The lowest BCUT2D eigenvalue weighted by atomic mass is 9.83. The molecule has 0 bridgehead atoms. The van der Waals surface area contributed by atoms with Crippen molar-refractivity contribution >= 4 is 18.0 Å². The van der Waals surface area contributed by atoms with E-state index in [1.807, 2.05) is 18.2 Å². The molecular formula is C16H19NO6. The maximum Gasteiger partial charge on any atom is 0.407 e. The van der Waals surface area contributed by atoms with Crippen LogP contribution >= 0.6 is 0 Å². The predicted molar refractivity (Wildman–Crippen MR) is 79.4 cm³/mol. The van der Waals surface area contributed by atoms with Crippen molar-refractivity contribution in [2.24, 2.45) is 11.8 Å². The van der Waals surface area contributed by atoms with Gasteiger partial charge in [-0.2, -0.15) is 0 Å². The molecular weight excluding hydrogens is 302 g/mol. The van der Waals surface area contributed by atoms with Crippen molar-refractivity contribution in [3.05, 3.63) is 35.9 Å². The lowest BCUT2D eigenvalue weighted by molar-refractivity contribution is -0.173. The summed E-state index contributed by atoms with van der Waals surface area (Å²) in [6, 6.07) is 8.20.